The number of hydrogen-bond donors (Lipinski definition) is 1. The minimum atomic E-state index is 0.00690. The molecular weight excluding hydrogens is 166 g/mol. The van der Waals surface area contributed by atoms with Crippen LogP contribution in [0.15, 0.2) is 6.20 Å². The fourth-order valence-corrected chi connectivity index (χ4v) is 1.62. The Hall–Kier alpha value is -1.32. The van der Waals surface area contributed by atoms with E-state index in [2.05, 4.69) is 10.4 Å². The molecule has 13 heavy (non-hydrogen) atoms. The summed E-state index contributed by atoms with van der Waals surface area (Å²) in [5.41, 5.74) is 1.80. The van der Waals surface area contributed by atoms with E-state index >= 15 is 0 Å². The Morgan fingerprint density at radius 3 is 3.08 bits per heavy atom. The van der Waals surface area contributed by atoms with Crippen molar-refractivity contribution in [3.8, 4) is 0 Å². The molecule has 0 fully saturated rings. The van der Waals surface area contributed by atoms with Crippen LogP contribution >= 0.6 is 0 Å². The van der Waals surface area contributed by atoms with E-state index in [0.29, 0.717) is 0 Å². The summed E-state index contributed by atoms with van der Waals surface area (Å²) in [5, 5.41) is 7.02. The standard InChI is InChI=1S/C9H13N3O/c1-6(2)12-8-7(5-11-12)3-4-10-9(8)13/h5-6H,3-4H2,1-2H3,(H,10,13). The molecule has 1 aliphatic heterocycles. The highest BCUT2D eigenvalue weighted by Crippen LogP contribution is 2.16. The van der Waals surface area contributed by atoms with Gasteiger partial charge in [-0.2, -0.15) is 5.10 Å². The minimum absolute atomic E-state index is 0.00690. The maximum absolute atomic E-state index is 11.5. The van der Waals surface area contributed by atoms with Crippen molar-refractivity contribution in [2.24, 2.45) is 0 Å². The van der Waals surface area contributed by atoms with E-state index < -0.39 is 0 Å². The molecule has 1 aromatic rings. The highest BCUT2D eigenvalue weighted by molar-refractivity contribution is 5.95. The summed E-state index contributed by atoms with van der Waals surface area (Å²) in [7, 11) is 0. The van der Waals surface area contributed by atoms with Gasteiger partial charge in [0.1, 0.15) is 5.69 Å². The van der Waals surface area contributed by atoms with Crippen LogP contribution in [0.5, 0.6) is 0 Å². The lowest BCUT2D eigenvalue weighted by Gasteiger charge is -2.16. The molecule has 0 radical (unpaired) electrons. The fourth-order valence-electron chi connectivity index (χ4n) is 1.62. The van der Waals surface area contributed by atoms with Gasteiger partial charge in [0.05, 0.1) is 6.20 Å². The lowest BCUT2D eigenvalue weighted by atomic mass is 10.1. The molecular formula is C9H13N3O. The average Bonchev–Trinajstić information content (AvgIpc) is 2.49. The molecule has 0 unspecified atom stereocenters. The molecule has 0 aromatic carbocycles. The van der Waals surface area contributed by atoms with Crippen LogP contribution in [-0.4, -0.2) is 22.2 Å². The topological polar surface area (TPSA) is 46.9 Å². The van der Waals surface area contributed by atoms with Crippen LogP contribution in [0.25, 0.3) is 0 Å². The number of aromatic nitrogens is 2. The van der Waals surface area contributed by atoms with Gasteiger partial charge in [-0.25, -0.2) is 0 Å². The van der Waals surface area contributed by atoms with Crippen LogP contribution in [-0.2, 0) is 6.42 Å². The minimum Gasteiger partial charge on any atom is -0.350 e. The molecule has 0 spiro atoms. The Morgan fingerprint density at radius 2 is 2.38 bits per heavy atom. The quantitative estimate of drug-likeness (QED) is 0.691. The summed E-state index contributed by atoms with van der Waals surface area (Å²) < 4.78 is 1.78. The molecule has 0 saturated carbocycles. The lowest BCUT2D eigenvalue weighted by Crippen LogP contribution is -2.33. The van der Waals surface area contributed by atoms with E-state index in [4.69, 9.17) is 0 Å². The first-order valence-corrected chi connectivity index (χ1v) is 4.54. The zero-order valence-electron chi connectivity index (χ0n) is 7.87. The summed E-state index contributed by atoms with van der Waals surface area (Å²) in [5.74, 6) is 0.00690. The second kappa shape index (κ2) is 2.87. The van der Waals surface area contributed by atoms with E-state index in [0.717, 1.165) is 24.2 Å². The lowest BCUT2D eigenvalue weighted by molar-refractivity contribution is 0.0933. The number of carbonyl (C=O) groups excluding carboxylic acids is 1. The fraction of sp³-hybridized carbons (Fsp3) is 0.556. The van der Waals surface area contributed by atoms with Crippen LogP contribution in [0.2, 0.25) is 0 Å². The Labute approximate surface area is 76.9 Å². The molecule has 2 heterocycles. The Morgan fingerprint density at radius 1 is 1.62 bits per heavy atom. The van der Waals surface area contributed by atoms with E-state index in [1.54, 1.807) is 10.9 Å². The van der Waals surface area contributed by atoms with E-state index in [-0.39, 0.29) is 11.9 Å². The van der Waals surface area contributed by atoms with Gasteiger partial charge in [-0.15, -0.1) is 0 Å². The molecule has 1 N–H and O–H groups in total. The SMILES string of the molecule is CC(C)n1ncc2c1C(=O)NCC2. The van der Waals surface area contributed by atoms with Crippen molar-refractivity contribution < 1.29 is 4.79 Å². The number of rotatable bonds is 1. The first-order valence-electron chi connectivity index (χ1n) is 4.54. The largest absolute Gasteiger partial charge is 0.350 e. The van der Waals surface area contributed by atoms with Gasteiger partial charge in [0.15, 0.2) is 0 Å². The smallest absolute Gasteiger partial charge is 0.269 e. The molecule has 0 bridgehead atoms. The highest BCUT2D eigenvalue weighted by atomic mass is 16.2. The van der Waals surface area contributed by atoms with Crippen molar-refractivity contribution in [3.05, 3.63) is 17.5 Å². The molecule has 0 atom stereocenters. The van der Waals surface area contributed by atoms with Crippen LogP contribution in [0.1, 0.15) is 35.9 Å². The molecule has 0 aliphatic carbocycles. The third-order valence-electron chi connectivity index (χ3n) is 2.26. The van der Waals surface area contributed by atoms with Crippen molar-refractivity contribution >= 4 is 5.91 Å². The normalized spacial score (nSPS) is 15.8. The van der Waals surface area contributed by atoms with Crippen molar-refractivity contribution in [2.45, 2.75) is 26.3 Å². The van der Waals surface area contributed by atoms with Gasteiger partial charge in [-0.05, 0) is 20.3 Å². The highest BCUT2D eigenvalue weighted by Gasteiger charge is 2.22. The third-order valence-corrected chi connectivity index (χ3v) is 2.26. The molecule has 70 valence electrons. The first kappa shape index (κ1) is 8.29. The molecule has 1 aliphatic rings. The maximum atomic E-state index is 11.5. The van der Waals surface area contributed by atoms with Gasteiger partial charge in [-0.3, -0.25) is 9.48 Å². The van der Waals surface area contributed by atoms with Crippen LogP contribution < -0.4 is 5.32 Å². The van der Waals surface area contributed by atoms with Crippen LogP contribution in [0, 0.1) is 0 Å². The second-order valence-electron chi connectivity index (χ2n) is 3.56. The molecule has 4 heteroatoms. The van der Waals surface area contributed by atoms with Gasteiger partial charge in [0.2, 0.25) is 0 Å². The third kappa shape index (κ3) is 1.22. The Balaban J connectivity index is 2.50. The van der Waals surface area contributed by atoms with Crippen molar-refractivity contribution in [2.75, 3.05) is 6.54 Å². The number of nitrogens with zero attached hydrogens (tertiary/aromatic N) is 2. The predicted molar refractivity (Wildman–Crippen MR) is 48.6 cm³/mol. The van der Waals surface area contributed by atoms with E-state index in [1.807, 2.05) is 13.8 Å². The maximum Gasteiger partial charge on any atom is 0.269 e. The van der Waals surface area contributed by atoms with Crippen molar-refractivity contribution in [3.63, 3.8) is 0 Å². The molecule has 1 amide bonds. The molecule has 0 saturated heterocycles. The second-order valence-corrected chi connectivity index (χ2v) is 3.56. The average molecular weight is 179 g/mol. The van der Waals surface area contributed by atoms with Crippen LogP contribution in [0.3, 0.4) is 0 Å². The summed E-state index contributed by atoms with van der Waals surface area (Å²) in [6.45, 7) is 4.78. The van der Waals surface area contributed by atoms with Gasteiger partial charge in [0.25, 0.3) is 5.91 Å². The molecule has 1 aromatic heterocycles. The molecule has 2 rings (SSSR count). The van der Waals surface area contributed by atoms with Gasteiger partial charge >= 0.3 is 0 Å². The van der Waals surface area contributed by atoms with Crippen molar-refractivity contribution in [1.82, 2.24) is 15.1 Å². The zero-order chi connectivity index (χ0) is 9.42. The summed E-state index contributed by atoms with van der Waals surface area (Å²) in [6, 6.07) is 0.243. The molecule has 4 nitrogen and oxygen atoms in total. The van der Waals surface area contributed by atoms with Crippen molar-refractivity contribution in [1.29, 1.82) is 0 Å². The predicted octanol–water partition coefficient (Wildman–Crippen LogP) is 0.750. The Bertz CT molecular complexity index is 341. The summed E-state index contributed by atoms with van der Waals surface area (Å²) >= 11 is 0. The zero-order valence-corrected chi connectivity index (χ0v) is 7.87. The number of fused-ring (bicyclic) bond motifs is 1. The van der Waals surface area contributed by atoms with E-state index in [9.17, 15) is 4.79 Å². The van der Waals surface area contributed by atoms with E-state index in [1.165, 1.54) is 0 Å². The van der Waals surface area contributed by atoms with Crippen LogP contribution in [0.4, 0.5) is 0 Å². The first-order chi connectivity index (χ1) is 6.20. The Kier molecular flexibility index (Phi) is 1.83. The summed E-state index contributed by atoms with van der Waals surface area (Å²) in [6.07, 6.45) is 2.70. The van der Waals surface area contributed by atoms with Gasteiger partial charge in [0, 0.05) is 18.2 Å². The van der Waals surface area contributed by atoms with Gasteiger partial charge in [-0.1, -0.05) is 0 Å². The van der Waals surface area contributed by atoms with Gasteiger partial charge < -0.3 is 5.32 Å². The summed E-state index contributed by atoms with van der Waals surface area (Å²) in [4.78, 5) is 11.5. The number of nitrogens with one attached hydrogen (secondary N) is 1. The number of amides is 1. The number of carbonyl (C=O) groups is 1. The monoisotopic (exact) mass is 179 g/mol. The number of hydrogen-bond acceptors (Lipinski definition) is 2.